The minimum absolute atomic E-state index is 1.05. The second-order valence-electron chi connectivity index (χ2n) is 3.97. The summed E-state index contributed by atoms with van der Waals surface area (Å²) in [6.45, 7) is 2.04. The average Bonchev–Trinajstić information content (AvgIpc) is 2.68. The van der Waals surface area contributed by atoms with Gasteiger partial charge in [-0.1, -0.05) is 30.3 Å². The summed E-state index contributed by atoms with van der Waals surface area (Å²) in [5.74, 6) is 0. The van der Waals surface area contributed by atoms with Gasteiger partial charge in [-0.3, -0.25) is 0 Å². The van der Waals surface area contributed by atoms with Crippen molar-refractivity contribution >= 4 is 26.8 Å². The lowest BCUT2D eigenvalue weighted by molar-refractivity contribution is 0.885. The summed E-state index contributed by atoms with van der Waals surface area (Å²) in [7, 11) is 0. The number of fused-ring (bicyclic) bond motifs is 1. The minimum Gasteiger partial charge on any atom is -0.232 e. The van der Waals surface area contributed by atoms with E-state index in [1.54, 1.807) is 0 Å². The van der Waals surface area contributed by atoms with Gasteiger partial charge in [-0.25, -0.2) is 4.68 Å². The third-order valence-corrected chi connectivity index (χ3v) is 3.52. The quantitative estimate of drug-likeness (QED) is 0.659. The highest BCUT2D eigenvalue weighted by atomic mass is 79.9. The largest absolute Gasteiger partial charge is 0.232 e. The van der Waals surface area contributed by atoms with Gasteiger partial charge < -0.3 is 0 Å². The molecule has 0 spiro atoms. The maximum atomic E-state index is 4.61. The topological polar surface area (TPSA) is 17.8 Å². The van der Waals surface area contributed by atoms with E-state index in [0.717, 1.165) is 21.4 Å². The molecule has 0 aliphatic carbocycles. The van der Waals surface area contributed by atoms with Crippen molar-refractivity contribution in [3.8, 4) is 5.69 Å². The molecule has 17 heavy (non-hydrogen) atoms. The zero-order valence-electron chi connectivity index (χ0n) is 9.39. The van der Waals surface area contributed by atoms with E-state index >= 15 is 0 Å². The van der Waals surface area contributed by atoms with Crippen LogP contribution in [0.1, 0.15) is 5.69 Å². The van der Waals surface area contributed by atoms with Crippen LogP contribution >= 0.6 is 15.9 Å². The lowest BCUT2D eigenvalue weighted by atomic mass is 10.2. The first-order valence-electron chi connectivity index (χ1n) is 5.46. The number of aromatic nitrogens is 2. The summed E-state index contributed by atoms with van der Waals surface area (Å²) in [5, 5.41) is 5.80. The number of benzene rings is 2. The molecule has 84 valence electrons. The van der Waals surface area contributed by atoms with Crippen LogP contribution in [0.5, 0.6) is 0 Å². The Labute approximate surface area is 108 Å². The van der Waals surface area contributed by atoms with Crippen LogP contribution in [-0.4, -0.2) is 9.78 Å². The zero-order chi connectivity index (χ0) is 11.8. The number of nitrogens with zero attached hydrogens (tertiary/aromatic N) is 2. The molecule has 2 nitrogen and oxygen atoms in total. The molecule has 0 atom stereocenters. The van der Waals surface area contributed by atoms with Crippen LogP contribution in [0.25, 0.3) is 16.6 Å². The van der Waals surface area contributed by atoms with Crippen molar-refractivity contribution in [3.05, 3.63) is 58.7 Å². The van der Waals surface area contributed by atoms with Gasteiger partial charge in [-0.15, -0.1) is 0 Å². The van der Waals surface area contributed by atoms with Crippen LogP contribution in [-0.2, 0) is 0 Å². The Balaban J connectivity index is 2.35. The smallest absolute Gasteiger partial charge is 0.0794 e. The van der Waals surface area contributed by atoms with Crippen LogP contribution in [0, 0.1) is 6.92 Å². The van der Waals surface area contributed by atoms with Crippen LogP contribution < -0.4 is 0 Å². The predicted octanol–water partition coefficient (Wildman–Crippen LogP) is 4.10. The van der Waals surface area contributed by atoms with Crippen molar-refractivity contribution in [2.45, 2.75) is 6.92 Å². The number of halogens is 1. The maximum absolute atomic E-state index is 4.61. The summed E-state index contributed by atoms with van der Waals surface area (Å²) in [6.07, 6.45) is 0. The Bertz CT molecular complexity index is 686. The SMILES string of the molecule is Cc1nn(-c2ccccc2Br)c2ccccc12. The van der Waals surface area contributed by atoms with Crippen molar-refractivity contribution in [3.63, 3.8) is 0 Å². The van der Waals surface area contributed by atoms with E-state index in [1.165, 1.54) is 5.39 Å². The molecule has 3 heteroatoms. The lowest BCUT2D eigenvalue weighted by Crippen LogP contribution is -1.97. The standard InChI is InChI=1S/C14H11BrN2/c1-10-11-6-2-4-8-13(11)17(16-10)14-9-5-3-7-12(14)15/h2-9H,1H3. The van der Waals surface area contributed by atoms with Crippen molar-refractivity contribution in [1.82, 2.24) is 9.78 Å². The first-order valence-corrected chi connectivity index (χ1v) is 6.26. The lowest BCUT2D eigenvalue weighted by Gasteiger charge is -2.05. The molecular formula is C14H11BrN2. The number of hydrogen-bond donors (Lipinski definition) is 0. The second kappa shape index (κ2) is 4.00. The van der Waals surface area contributed by atoms with Gasteiger partial charge in [0.25, 0.3) is 0 Å². The van der Waals surface area contributed by atoms with E-state index in [0.29, 0.717) is 0 Å². The van der Waals surface area contributed by atoms with Gasteiger partial charge >= 0.3 is 0 Å². The summed E-state index contributed by atoms with van der Waals surface area (Å²) >= 11 is 3.57. The molecule has 3 rings (SSSR count). The fourth-order valence-electron chi connectivity index (χ4n) is 2.03. The fraction of sp³-hybridized carbons (Fsp3) is 0.0714. The molecule has 2 aromatic carbocycles. The Morgan fingerprint density at radius 2 is 1.71 bits per heavy atom. The highest BCUT2D eigenvalue weighted by molar-refractivity contribution is 9.10. The molecule has 0 saturated heterocycles. The van der Waals surface area contributed by atoms with E-state index in [4.69, 9.17) is 0 Å². The molecule has 0 N–H and O–H groups in total. The summed E-state index contributed by atoms with van der Waals surface area (Å²) < 4.78 is 3.03. The second-order valence-corrected chi connectivity index (χ2v) is 4.82. The van der Waals surface area contributed by atoms with Crippen molar-refractivity contribution < 1.29 is 0 Å². The molecule has 0 amide bonds. The molecule has 0 bridgehead atoms. The zero-order valence-corrected chi connectivity index (χ0v) is 11.0. The third-order valence-electron chi connectivity index (χ3n) is 2.85. The van der Waals surface area contributed by atoms with Gasteiger partial charge in [0.2, 0.25) is 0 Å². The van der Waals surface area contributed by atoms with Gasteiger partial charge in [0.15, 0.2) is 0 Å². The van der Waals surface area contributed by atoms with Crippen LogP contribution in [0.2, 0.25) is 0 Å². The Hall–Kier alpha value is -1.61. The molecule has 0 unspecified atom stereocenters. The Morgan fingerprint density at radius 3 is 2.53 bits per heavy atom. The molecule has 0 saturated carbocycles. The third kappa shape index (κ3) is 1.67. The first-order chi connectivity index (χ1) is 8.27. The number of rotatable bonds is 1. The van der Waals surface area contributed by atoms with E-state index in [9.17, 15) is 0 Å². The number of para-hydroxylation sites is 2. The van der Waals surface area contributed by atoms with E-state index in [2.05, 4.69) is 39.2 Å². The number of hydrogen-bond acceptors (Lipinski definition) is 1. The number of aryl methyl sites for hydroxylation is 1. The molecule has 0 aliphatic heterocycles. The maximum Gasteiger partial charge on any atom is 0.0794 e. The van der Waals surface area contributed by atoms with Gasteiger partial charge in [0, 0.05) is 9.86 Å². The van der Waals surface area contributed by atoms with Gasteiger partial charge in [-0.2, -0.15) is 5.10 Å². The molecule has 0 fully saturated rings. The van der Waals surface area contributed by atoms with E-state index < -0.39 is 0 Å². The van der Waals surface area contributed by atoms with Gasteiger partial charge in [-0.05, 0) is 41.1 Å². The predicted molar refractivity (Wildman–Crippen MR) is 73.5 cm³/mol. The summed E-state index contributed by atoms with van der Waals surface area (Å²) in [4.78, 5) is 0. The summed E-state index contributed by atoms with van der Waals surface area (Å²) in [5.41, 5.74) is 3.25. The van der Waals surface area contributed by atoms with Gasteiger partial charge in [0.1, 0.15) is 0 Å². The monoisotopic (exact) mass is 286 g/mol. The molecule has 0 radical (unpaired) electrons. The molecule has 0 aliphatic rings. The highest BCUT2D eigenvalue weighted by Crippen LogP contribution is 2.25. The van der Waals surface area contributed by atoms with E-state index in [-0.39, 0.29) is 0 Å². The minimum atomic E-state index is 1.05. The molecule has 1 heterocycles. The molecular weight excluding hydrogens is 276 g/mol. The van der Waals surface area contributed by atoms with Crippen molar-refractivity contribution in [2.24, 2.45) is 0 Å². The van der Waals surface area contributed by atoms with Crippen molar-refractivity contribution in [2.75, 3.05) is 0 Å². The van der Waals surface area contributed by atoms with Crippen molar-refractivity contribution in [1.29, 1.82) is 0 Å². The first kappa shape index (κ1) is 10.5. The average molecular weight is 287 g/mol. The molecule has 1 aromatic heterocycles. The highest BCUT2D eigenvalue weighted by Gasteiger charge is 2.09. The Kier molecular flexibility index (Phi) is 2.48. The van der Waals surface area contributed by atoms with E-state index in [1.807, 2.05) is 41.9 Å². The van der Waals surface area contributed by atoms with Crippen LogP contribution in [0.3, 0.4) is 0 Å². The normalized spacial score (nSPS) is 10.9. The van der Waals surface area contributed by atoms with Gasteiger partial charge in [0.05, 0.1) is 16.9 Å². The Morgan fingerprint density at radius 1 is 1.00 bits per heavy atom. The fourth-order valence-corrected chi connectivity index (χ4v) is 2.48. The van der Waals surface area contributed by atoms with Crippen LogP contribution in [0.4, 0.5) is 0 Å². The summed E-state index contributed by atoms with van der Waals surface area (Å²) in [6, 6.07) is 16.4. The molecule has 3 aromatic rings. The van der Waals surface area contributed by atoms with Crippen LogP contribution in [0.15, 0.2) is 53.0 Å².